The molecule has 0 radical (unpaired) electrons. The second-order valence-corrected chi connectivity index (χ2v) is 4.35. The molecule has 4 heteroatoms. The molecular formula is C12H19N3O. The van der Waals surface area contributed by atoms with Gasteiger partial charge in [-0.1, -0.05) is 19.3 Å². The third-order valence-electron chi connectivity index (χ3n) is 3.07. The van der Waals surface area contributed by atoms with Crippen molar-refractivity contribution >= 4 is 0 Å². The fraction of sp³-hybridized carbons (Fsp3) is 0.667. The summed E-state index contributed by atoms with van der Waals surface area (Å²) < 4.78 is 5.61. The standard InChI is InChI=1S/C12H19N3O/c13-8-11-6-7-14-12(15-11)16-9-10-4-2-1-3-5-10/h6-7,10H,1-5,8-9,13H2. The molecule has 0 aliphatic heterocycles. The van der Waals surface area contributed by atoms with Crippen molar-refractivity contribution < 1.29 is 4.74 Å². The third kappa shape index (κ3) is 3.17. The van der Waals surface area contributed by atoms with Crippen LogP contribution in [0, 0.1) is 5.92 Å². The zero-order valence-corrected chi connectivity index (χ0v) is 9.56. The summed E-state index contributed by atoms with van der Waals surface area (Å²) in [6, 6.07) is 2.28. The van der Waals surface area contributed by atoms with Gasteiger partial charge in [0.05, 0.1) is 12.3 Å². The van der Waals surface area contributed by atoms with Crippen molar-refractivity contribution in [3.8, 4) is 6.01 Å². The Morgan fingerprint density at radius 1 is 1.31 bits per heavy atom. The average Bonchev–Trinajstić information content (AvgIpc) is 2.38. The van der Waals surface area contributed by atoms with Crippen LogP contribution in [0.4, 0.5) is 0 Å². The highest BCUT2D eigenvalue weighted by atomic mass is 16.5. The van der Waals surface area contributed by atoms with Gasteiger partial charge in [-0.15, -0.1) is 0 Å². The SMILES string of the molecule is NCc1ccnc(OCC2CCCCC2)n1. The number of nitrogens with two attached hydrogens (primary N) is 1. The molecule has 2 rings (SSSR count). The number of hydrogen-bond donors (Lipinski definition) is 1. The van der Waals surface area contributed by atoms with Gasteiger partial charge in [0.25, 0.3) is 0 Å². The molecule has 0 aromatic carbocycles. The molecule has 1 fully saturated rings. The third-order valence-corrected chi connectivity index (χ3v) is 3.07. The van der Waals surface area contributed by atoms with Crippen molar-refractivity contribution in [2.75, 3.05) is 6.61 Å². The van der Waals surface area contributed by atoms with Gasteiger partial charge in [-0.05, 0) is 24.8 Å². The molecule has 0 saturated heterocycles. The van der Waals surface area contributed by atoms with E-state index >= 15 is 0 Å². The summed E-state index contributed by atoms with van der Waals surface area (Å²) in [6.45, 7) is 1.18. The van der Waals surface area contributed by atoms with Crippen molar-refractivity contribution in [3.63, 3.8) is 0 Å². The molecule has 2 N–H and O–H groups in total. The molecule has 0 spiro atoms. The molecule has 88 valence electrons. The first-order valence-electron chi connectivity index (χ1n) is 6.03. The number of nitrogens with zero attached hydrogens (tertiary/aromatic N) is 2. The van der Waals surface area contributed by atoms with Crippen LogP contribution in [0.25, 0.3) is 0 Å². The van der Waals surface area contributed by atoms with Gasteiger partial charge < -0.3 is 10.5 Å². The Morgan fingerprint density at radius 2 is 2.12 bits per heavy atom. The number of aromatic nitrogens is 2. The van der Waals surface area contributed by atoms with Gasteiger partial charge in [0, 0.05) is 12.7 Å². The Hall–Kier alpha value is -1.16. The van der Waals surface area contributed by atoms with E-state index in [-0.39, 0.29) is 0 Å². The lowest BCUT2D eigenvalue weighted by molar-refractivity contribution is 0.196. The van der Waals surface area contributed by atoms with Crippen LogP contribution in [-0.2, 0) is 6.54 Å². The van der Waals surface area contributed by atoms with Gasteiger partial charge in [0.15, 0.2) is 0 Å². The quantitative estimate of drug-likeness (QED) is 0.843. The second kappa shape index (κ2) is 5.80. The maximum absolute atomic E-state index is 5.61. The minimum atomic E-state index is 0.433. The van der Waals surface area contributed by atoms with Gasteiger partial charge in [0.1, 0.15) is 0 Å². The molecule has 0 amide bonds. The predicted octanol–water partition coefficient (Wildman–Crippen LogP) is 1.89. The van der Waals surface area contributed by atoms with Crippen molar-refractivity contribution in [1.29, 1.82) is 0 Å². The Kier molecular flexibility index (Phi) is 4.10. The van der Waals surface area contributed by atoms with Gasteiger partial charge in [-0.2, -0.15) is 4.98 Å². The molecular weight excluding hydrogens is 202 g/mol. The second-order valence-electron chi connectivity index (χ2n) is 4.35. The first-order chi connectivity index (χ1) is 7.88. The summed E-state index contributed by atoms with van der Waals surface area (Å²) in [6.07, 6.45) is 8.28. The van der Waals surface area contributed by atoms with Crippen molar-refractivity contribution in [3.05, 3.63) is 18.0 Å². The predicted molar refractivity (Wildman–Crippen MR) is 62.0 cm³/mol. The summed E-state index contributed by atoms with van der Waals surface area (Å²) in [5.74, 6) is 0.680. The lowest BCUT2D eigenvalue weighted by Crippen LogP contribution is -2.16. The summed E-state index contributed by atoms with van der Waals surface area (Å²) >= 11 is 0. The molecule has 16 heavy (non-hydrogen) atoms. The van der Waals surface area contributed by atoms with Crippen LogP contribution in [0.15, 0.2) is 12.3 Å². The van der Waals surface area contributed by atoms with Crippen LogP contribution in [0.3, 0.4) is 0 Å². The zero-order chi connectivity index (χ0) is 11.2. The van der Waals surface area contributed by atoms with E-state index in [2.05, 4.69) is 9.97 Å². The van der Waals surface area contributed by atoms with Crippen LogP contribution in [0.2, 0.25) is 0 Å². The van der Waals surface area contributed by atoms with E-state index in [0.717, 1.165) is 12.3 Å². The van der Waals surface area contributed by atoms with E-state index < -0.39 is 0 Å². The van der Waals surface area contributed by atoms with Crippen molar-refractivity contribution in [1.82, 2.24) is 9.97 Å². The van der Waals surface area contributed by atoms with Gasteiger partial charge in [-0.3, -0.25) is 0 Å². The smallest absolute Gasteiger partial charge is 0.316 e. The fourth-order valence-corrected chi connectivity index (χ4v) is 2.11. The first-order valence-corrected chi connectivity index (χ1v) is 6.03. The van der Waals surface area contributed by atoms with E-state index in [1.807, 2.05) is 6.07 Å². The normalized spacial score (nSPS) is 17.3. The van der Waals surface area contributed by atoms with Crippen LogP contribution < -0.4 is 10.5 Å². The van der Waals surface area contributed by atoms with Crippen LogP contribution in [-0.4, -0.2) is 16.6 Å². The highest BCUT2D eigenvalue weighted by Gasteiger charge is 2.14. The van der Waals surface area contributed by atoms with Crippen LogP contribution >= 0.6 is 0 Å². The topological polar surface area (TPSA) is 61.0 Å². The highest BCUT2D eigenvalue weighted by molar-refractivity contribution is 5.04. The first kappa shape index (κ1) is 11.3. The summed E-state index contributed by atoms with van der Waals surface area (Å²) in [5.41, 5.74) is 6.34. The molecule has 0 atom stereocenters. The Balaban J connectivity index is 1.83. The Bertz CT molecular complexity index is 324. The lowest BCUT2D eigenvalue weighted by Gasteiger charge is -2.20. The Labute approximate surface area is 96.2 Å². The number of rotatable bonds is 4. The molecule has 1 aliphatic rings. The molecule has 4 nitrogen and oxygen atoms in total. The van der Waals surface area contributed by atoms with E-state index in [4.69, 9.17) is 10.5 Å². The summed E-state index contributed by atoms with van der Waals surface area (Å²) in [5, 5.41) is 0. The van der Waals surface area contributed by atoms with E-state index in [1.54, 1.807) is 6.20 Å². The molecule has 0 bridgehead atoms. The Morgan fingerprint density at radius 3 is 2.88 bits per heavy atom. The van der Waals surface area contributed by atoms with Crippen LogP contribution in [0.5, 0.6) is 6.01 Å². The van der Waals surface area contributed by atoms with Crippen LogP contribution in [0.1, 0.15) is 37.8 Å². The van der Waals surface area contributed by atoms with Gasteiger partial charge in [0.2, 0.25) is 0 Å². The van der Waals surface area contributed by atoms with E-state index in [9.17, 15) is 0 Å². The van der Waals surface area contributed by atoms with Crippen molar-refractivity contribution in [2.45, 2.75) is 38.6 Å². The average molecular weight is 221 g/mol. The number of ether oxygens (including phenoxy) is 1. The molecule has 0 unspecified atom stereocenters. The summed E-state index contributed by atoms with van der Waals surface area (Å²) in [4.78, 5) is 8.30. The van der Waals surface area contributed by atoms with E-state index in [0.29, 0.717) is 18.5 Å². The van der Waals surface area contributed by atoms with Gasteiger partial charge in [-0.25, -0.2) is 4.98 Å². The molecule has 1 aromatic heterocycles. The maximum Gasteiger partial charge on any atom is 0.316 e. The zero-order valence-electron chi connectivity index (χ0n) is 9.56. The minimum absolute atomic E-state index is 0.433. The highest BCUT2D eigenvalue weighted by Crippen LogP contribution is 2.23. The minimum Gasteiger partial charge on any atom is -0.463 e. The molecule has 1 aromatic rings. The largest absolute Gasteiger partial charge is 0.463 e. The van der Waals surface area contributed by atoms with Gasteiger partial charge >= 0.3 is 6.01 Å². The van der Waals surface area contributed by atoms with Crippen molar-refractivity contribution in [2.24, 2.45) is 11.7 Å². The monoisotopic (exact) mass is 221 g/mol. The number of hydrogen-bond acceptors (Lipinski definition) is 4. The molecule has 1 heterocycles. The van der Waals surface area contributed by atoms with E-state index in [1.165, 1.54) is 32.1 Å². The summed E-state index contributed by atoms with van der Waals surface area (Å²) in [7, 11) is 0. The molecule has 1 saturated carbocycles. The molecule has 1 aliphatic carbocycles. The lowest BCUT2D eigenvalue weighted by atomic mass is 9.90. The fourth-order valence-electron chi connectivity index (χ4n) is 2.11. The maximum atomic E-state index is 5.61.